The third-order valence-electron chi connectivity index (χ3n) is 4.22. The summed E-state index contributed by atoms with van der Waals surface area (Å²) in [6.07, 6.45) is 3.32. The Bertz CT molecular complexity index is 344. The molecule has 0 spiro atoms. The smallest absolute Gasteiger partial charge is 0.239 e. The van der Waals surface area contributed by atoms with E-state index in [0.29, 0.717) is 5.92 Å². The van der Waals surface area contributed by atoms with Crippen molar-refractivity contribution in [3.05, 3.63) is 0 Å². The van der Waals surface area contributed by atoms with E-state index in [4.69, 9.17) is 5.73 Å². The van der Waals surface area contributed by atoms with E-state index < -0.39 is 6.04 Å². The largest absolute Gasteiger partial charge is 0.352 e. The minimum absolute atomic E-state index is 0.0119. The number of rotatable bonds is 5. The van der Waals surface area contributed by atoms with Gasteiger partial charge in [-0.3, -0.25) is 9.59 Å². The third kappa shape index (κ3) is 5.12. The van der Waals surface area contributed by atoms with Crippen LogP contribution in [-0.4, -0.2) is 30.4 Å². The molecule has 4 N–H and O–H groups in total. The number of carbonyl (C=O) groups excluding carboxylic acids is 2. The summed E-state index contributed by atoms with van der Waals surface area (Å²) in [6.45, 7) is 8.21. The molecule has 116 valence electrons. The molecule has 2 amide bonds. The maximum Gasteiger partial charge on any atom is 0.239 e. The van der Waals surface area contributed by atoms with Crippen LogP contribution in [0.1, 0.15) is 47.0 Å². The first-order valence-electron chi connectivity index (χ1n) is 7.64. The van der Waals surface area contributed by atoms with Crippen LogP contribution in [-0.2, 0) is 9.59 Å². The molecule has 5 nitrogen and oxygen atoms in total. The van der Waals surface area contributed by atoms with Gasteiger partial charge in [0.25, 0.3) is 0 Å². The van der Waals surface area contributed by atoms with Crippen LogP contribution in [0.25, 0.3) is 0 Å². The molecule has 4 atom stereocenters. The molecule has 0 heterocycles. The first kappa shape index (κ1) is 17.0. The summed E-state index contributed by atoms with van der Waals surface area (Å²) in [7, 11) is 0. The highest BCUT2D eigenvalue weighted by atomic mass is 16.2. The number of hydrogen-bond acceptors (Lipinski definition) is 3. The van der Waals surface area contributed by atoms with Gasteiger partial charge < -0.3 is 16.4 Å². The standard InChI is InChI=1S/C15H29N3O2/c1-9(2)14(16)15(20)17-8-13(19)18-12-6-5-10(3)7-11(12)4/h9-12,14H,5-8,16H2,1-4H3,(H,17,20)(H,18,19)/t10?,11?,12?,14-/m0/s1. The van der Waals surface area contributed by atoms with Crippen LogP contribution in [0.4, 0.5) is 0 Å². The van der Waals surface area contributed by atoms with E-state index in [0.717, 1.165) is 25.2 Å². The lowest BCUT2D eigenvalue weighted by Crippen LogP contribution is -2.50. The maximum atomic E-state index is 11.9. The van der Waals surface area contributed by atoms with Gasteiger partial charge in [-0.05, 0) is 37.0 Å². The molecular formula is C15H29N3O2. The molecule has 1 fully saturated rings. The Morgan fingerprint density at radius 1 is 1.25 bits per heavy atom. The lowest BCUT2D eigenvalue weighted by Gasteiger charge is -2.33. The van der Waals surface area contributed by atoms with Gasteiger partial charge in [0.2, 0.25) is 11.8 Å². The molecule has 1 aliphatic carbocycles. The lowest BCUT2D eigenvalue weighted by molar-refractivity contribution is -0.128. The molecule has 0 aromatic carbocycles. The Labute approximate surface area is 122 Å². The Balaban J connectivity index is 2.32. The van der Waals surface area contributed by atoms with Crippen molar-refractivity contribution in [3.8, 4) is 0 Å². The Kier molecular flexibility index (Phi) is 6.46. The molecule has 0 aromatic rings. The average Bonchev–Trinajstić information content (AvgIpc) is 2.38. The van der Waals surface area contributed by atoms with Crippen molar-refractivity contribution in [2.24, 2.45) is 23.5 Å². The number of hydrogen-bond donors (Lipinski definition) is 3. The van der Waals surface area contributed by atoms with E-state index in [1.807, 2.05) is 13.8 Å². The Morgan fingerprint density at radius 2 is 1.90 bits per heavy atom. The molecule has 3 unspecified atom stereocenters. The van der Waals surface area contributed by atoms with Crippen molar-refractivity contribution in [1.29, 1.82) is 0 Å². The zero-order valence-corrected chi connectivity index (χ0v) is 13.1. The number of nitrogens with one attached hydrogen (secondary N) is 2. The molecule has 20 heavy (non-hydrogen) atoms. The molecule has 0 aromatic heterocycles. The van der Waals surface area contributed by atoms with Crippen molar-refractivity contribution < 1.29 is 9.59 Å². The van der Waals surface area contributed by atoms with E-state index in [1.54, 1.807) is 0 Å². The highest BCUT2D eigenvalue weighted by Crippen LogP contribution is 2.28. The van der Waals surface area contributed by atoms with Crippen LogP contribution < -0.4 is 16.4 Å². The predicted molar refractivity (Wildman–Crippen MR) is 79.9 cm³/mol. The molecule has 1 aliphatic rings. The van der Waals surface area contributed by atoms with Crippen molar-refractivity contribution in [3.63, 3.8) is 0 Å². The highest BCUT2D eigenvalue weighted by molar-refractivity contribution is 5.87. The van der Waals surface area contributed by atoms with E-state index in [2.05, 4.69) is 24.5 Å². The van der Waals surface area contributed by atoms with E-state index in [9.17, 15) is 9.59 Å². The van der Waals surface area contributed by atoms with Gasteiger partial charge in [0.05, 0.1) is 12.6 Å². The first-order chi connectivity index (χ1) is 9.31. The minimum Gasteiger partial charge on any atom is -0.352 e. The molecule has 0 radical (unpaired) electrons. The topological polar surface area (TPSA) is 84.2 Å². The fourth-order valence-electron chi connectivity index (χ4n) is 2.73. The first-order valence-corrected chi connectivity index (χ1v) is 7.64. The van der Waals surface area contributed by atoms with Crippen molar-refractivity contribution in [2.75, 3.05) is 6.54 Å². The molecule has 0 aliphatic heterocycles. The molecule has 1 rings (SSSR count). The van der Waals surface area contributed by atoms with Crippen LogP contribution in [0, 0.1) is 17.8 Å². The monoisotopic (exact) mass is 283 g/mol. The van der Waals surface area contributed by atoms with E-state index >= 15 is 0 Å². The van der Waals surface area contributed by atoms with Gasteiger partial charge >= 0.3 is 0 Å². The van der Waals surface area contributed by atoms with Crippen LogP contribution in [0.2, 0.25) is 0 Å². The van der Waals surface area contributed by atoms with Crippen molar-refractivity contribution in [1.82, 2.24) is 10.6 Å². The normalized spacial score (nSPS) is 28.0. The summed E-state index contributed by atoms with van der Waals surface area (Å²) in [5.74, 6) is 0.914. The Morgan fingerprint density at radius 3 is 2.45 bits per heavy atom. The van der Waals surface area contributed by atoms with Crippen LogP contribution >= 0.6 is 0 Å². The summed E-state index contributed by atoms with van der Waals surface area (Å²) in [5.41, 5.74) is 5.72. The lowest BCUT2D eigenvalue weighted by atomic mass is 9.80. The molecule has 0 bridgehead atoms. The SMILES string of the molecule is CC1CCC(NC(=O)CNC(=O)[C@@H](N)C(C)C)C(C)C1. The van der Waals surface area contributed by atoms with Gasteiger partial charge in [0, 0.05) is 6.04 Å². The Hall–Kier alpha value is -1.10. The summed E-state index contributed by atoms with van der Waals surface area (Å²) in [6, 6.07) is -0.327. The molecule has 1 saturated carbocycles. The summed E-state index contributed by atoms with van der Waals surface area (Å²) >= 11 is 0. The second-order valence-corrected chi connectivity index (χ2v) is 6.56. The van der Waals surface area contributed by atoms with Gasteiger partial charge in [0.1, 0.15) is 0 Å². The van der Waals surface area contributed by atoms with E-state index in [-0.39, 0.29) is 30.3 Å². The quantitative estimate of drug-likeness (QED) is 0.704. The minimum atomic E-state index is -0.558. The molecular weight excluding hydrogens is 254 g/mol. The van der Waals surface area contributed by atoms with Gasteiger partial charge in [-0.2, -0.15) is 0 Å². The van der Waals surface area contributed by atoms with Gasteiger partial charge in [-0.15, -0.1) is 0 Å². The summed E-state index contributed by atoms with van der Waals surface area (Å²) < 4.78 is 0. The van der Waals surface area contributed by atoms with Crippen molar-refractivity contribution >= 4 is 11.8 Å². The summed E-state index contributed by atoms with van der Waals surface area (Å²) in [5, 5.41) is 5.62. The van der Waals surface area contributed by atoms with Gasteiger partial charge in [0.15, 0.2) is 0 Å². The third-order valence-corrected chi connectivity index (χ3v) is 4.22. The zero-order chi connectivity index (χ0) is 15.3. The number of nitrogens with two attached hydrogens (primary N) is 1. The van der Waals surface area contributed by atoms with Crippen molar-refractivity contribution in [2.45, 2.75) is 59.0 Å². The highest BCUT2D eigenvalue weighted by Gasteiger charge is 2.26. The fourth-order valence-corrected chi connectivity index (χ4v) is 2.73. The van der Waals surface area contributed by atoms with E-state index in [1.165, 1.54) is 0 Å². The molecule has 5 heteroatoms. The van der Waals surface area contributed by atoms with Gasteiger partial charge in [-0.1, -0.05) is 27.7 Å². The second-order valence-electron chi connectivity index (χ2n) is 6.56. The second kappa shape index (κ2) is 7.62. The molecule has 0 saturated heterocycles. The number of carbonyl (C=O) groups is 2. The summed E-state index contributed by atoms with van der Waals surface area (Å²) in [4.78, 5) is 23.5. The average molecular weight is 283 g/mol. The fraction of sp³-hybridized carbons (Fsp3) is 0.867. The van der Waals surface area contributed by atoms with Gasteiger partial charge in [-0.25, -0.2) is 0 Å². The van der Waals surface area contributed by atoms with Crippen LogP contribution in [0.15, 0.2) is 0 Å². The number of amides is 2. The maximum absolute atomic E-state index is 11.9. The van der Waals surface area contributed by atoms with Crippen LogP contribution in [0.3, 0.4) is 0 Å². The predicted octanol–water partition coefficient (Wildman–Crippen LogP) is 1.03. The van der Waals surface area contributed by atoms with Crippen LogP contribution in [0.5, 0.6) is 0 Å². The zero-order valence-electron chi connectivity index (χ0n) is 13.1.